The summed E-state index contributed by atoms with van der Waals surface area (Å²) in [6.45, 7) is 6.53. The van der Waals surface area contributed by atoms with E-state index in [1.807, 2.05) is 50.2 Å². The Balaban J connectivity index is 1.68. The summed E-state index contributed by atoms with van der Waals surface area (Å²) in [7, 11) is 0. The Hall–Kier alpha value is -3.20. The van der Waals surface area contributed by atoms with Crippen LogP contribution in [-0.2, 0) is 6.61 Å². The molecule has 0 saturated heterocycles. The van der Waals surface area contributed by atoms with Gasteiger partial charge in [-0.1, -0.05) is 30.3 Å². The Morgan fingerprint density at radius 2 is 1.59 bits per heavy atom. The number of H-pyrrole nitrogens is 1. The number of aromatic nitrogens is 1. The van der Waals surface area contributed by atoms with E-state index in [9.17, 15) is 5.11 Å². The summed E-state index contributed by atoms with van der Waals surface area (Å²) in [5.41, 5.74) is 7.35. The van der Waals surface area contributed by atoms with Gasteiger partial charge in [0.1, 0.15) is 18.1 Å². The molecule has 0 saturated carbocycles. The summed E-state index contributed by atoms with van der Waals surface area (Å²) < 4.78 is 5.98. The smallest absolute Gasteiger partial charge is 0.121 e. The molecule has 0 aliphatic carbocycles. The highest BCUT2D eigenvalue weighted by molar-refractivity contribution is 5.91. The van der Waals surface area contributed by atoms with Crippen LogP contribution in [0.4, 0.5) is 0 Å². The van der Waals surface area contributed by atoms with Crippen molar-refractivity contribution >= 4 is 10.9 Å². The molecule has 0 fully saturated rings. The van der Waals surface area contributed by atoms with Gasteiger partial charge in [-0.05, 0) is 78.9 Å². The van der Waals surface area contributed by atoms with E-state index in [1.54, 1.807) is 0 Å². The third kappa shape index (κ3) is 3.28. The molecule has 0 amide bonds. The maximum Gasteiger partial charge on any atom is 0.121 e. The number of aromatic hydroxyl groups is 1. The summed E-state index contributed by atoms with van der Waals surface area (Å²) in [6.07, 6.45) is 0. The summed E-state index contributed by atoms with van der Waals surface area (Å²) in [5, 5.41) is 11.2. The van der Waals surface area contributed by atoms with Crippen LogP contribution in [0.15, 0.2) is 60.7 Å². The van der Waals surface area contributed by atoms with Crippen molar-refractivity contribution in [3.05, 3.63) is 82.9 Å². The molecule has 1 aromatic heterocycles. The fourth-order valence-electron chi connectivity index (χ4n) is 3.53. The van der Waals surface area contributed by atoms with E-state index in [2.05, 4.69) is 36.2 Å². The second-order valence-corrected chi connectivity index (χ2v) is 7.07. The Labute approximate surface area is 159 Å². The van der Waals surface area contributed by atoms with Gasteiger partial charge in [0, 0.05) is 16.6 Å². The number of ether oxygens (including phenoxy) is 1. The van der Waals surface area contributed by atoms with Crippen LogP contribution < -0.4 is 4.74 Å². The minimum absolute atomic E-state index is 0.365. The van der Waals surface area contributed by atoms with Crippen LogP contribution in [0.2, 0.25) is 0 Å². The number of rotatable bonds is 4. The van der Waals surface area contributed by atoms with Crippen molar-refractivity contribution in [3.63, 3.8) is 0 Å². The van der Waals surface area contributed by atoms with Crippen molar-refractivity contribution in [2.45, 2.75) is 27.4 Å². The van der Waals surface area contributed by atoms with Gasteiger partial charge in [-0.15, -0.1) is 0 Å². The van der Waals surface area contributed by atoms with Gasteiger partial charge < -0.3 is 14.8 Å². The maximum absolute atomic E-state index is 10.0. The Bertz CT molecular complexity index is 1090. The van der Waals surface area contributed by atoms with Crippen LogP contribution in [0.5, 0.6) is 11.5 Å². The molecular formula is C24H23NO2. The summed E-state index contributed by atoms with van der Waals surface area (Å²) in [6, 6.07) is 20.4. The topological polar surface area (TPSA) is 45.2 Å². The normalized spacial score (nSPS) is 11.1. The number of fused-ring (bicyclic) bond motifs is 1. The molecule has 0 spiro atoms. The van der Waals surface area contributed by atoms with E-state index < -0.39 is 0 Å². The molecule has 4 aromatic rings. The first-order valence-electron chi connectivity index (χ1n) is 9.12. The van der Waals surface area contributed by atoms with Gasteiger partial charge in [-0.25, -0.2) is 0 Å². The fraction of sp³-hybridized carbons (Fsp3) is 0.167. The average Bonchev–Trinajstić information content (AvgIpc) is 3.01. The van der Waals surface area contributed by atoms with Crippen LogP contribution in [0.1, 0.15) is 22.3 Å². The van der Waals surface area contributed by atoms with Crippen molar-refractivity contribution in [1.82, 2.24) is 4.98 Å². The first-order valence-corrected chi connectivity index (χ1v) is 9.12. The van der Waals surface area contributed by atoms with Gasteiger partial charge in [0.2, 0.25) is 0 Å². The van der Waals surface area contributed by atoms with Gasteiger partial charge in [-0.2, -0.15) is 0 Å². The molecule has 0 bridgehead atoms. The van der Waals surface area contributed by atoms with Crippen LogP contribution in [0.3, 0.4) is 0 Å². The molecule has 3 aromatic carbocycles. The van der Waals surface area contributed by atoms with Crippen LogP contribution in [0, 0.1) is 20.8 Å². The summed E-state index contributed by atoms with van der Waals surface area (Å²) >= 11 is 0. The van der Waals surface area contributed by atoms with Gasteiger partial charge >= 0.3 is 0 Å². The van der Waals surface area contributed by atoms with E-state index >= 15 is 0 Å². The number of hydrogen-bond donors (Lipinski definition) is 2. The fourth-order valence-corrected chi connectivity index (χ4v) is 3.53. The number of aromatic amines is 1. The van der Waals surface area contributed by atoms with E-state index in [4.69, 9.17) is 4.74 Å². The number of phenolic OH excluding ortho intramolecular Hbond substituents is 1. The molecule has 3 nitrogen and oxygen atoms in total. The number of benzene rings is 3. The van der Waals surface area contributed by atoms with Crippen molar-refractivity contribution in [2.75, 3.05) is 0 Å². The Kier molecular flexibility index (Phi) is 4.36. The quantitative estimate of drug-likeness (QED) is 0.467. The molecule has 4 rings (SSSR count). The molecule has 0 aliphatic rings. The average molecular weight is 357 g/mol. The second kappa shape index (κ2) is 6.84. The van der Waals surface area contributed by atoms with E-state index in [1.165, 1.54) is 5.56 Å². The van der Waals surface area contributed by atoms with Gasteiger partial charge in [0.25, 0.3) is 0 Å². The molecule has 0 radical (unpaired) electrons. The Morgan fingerprint density at radius 1 is 0.889 bits per heavy atom. The van der Waals surface area contributed by atoms with Gasteiger partial charge in [0.15, 0.2) is 0 Å². The lowest BCUT2D eigenvalue weighted by Crippen LogP contribution is -1.94. The largest absolute Gasteiger partial charge is 0.507 e. The zero-order chi connectivity index (χ0) is 19.0. The monoisotopic (exact) mass is 357 g/mol. The number of aryl methyl sites for hydroxylation is 3. The third-order valence-electron chi connectivity index (χ3n) is 5.06. The standard InChI is InChI=1S/C24H23NO2/c1-15-11-19(12-16(2)24(15)26)23-17(3)21-13-20(9-10-22(21)25-23)27-14-18-7-5-4-6-8-18/h4-13,25-26H,14H2,1-3H3. The Morgan fingerprint density at radius 3 is 2.30 bits per heavy atom. The molecule has 27 heavy (non-hydrogen) atoms. The van der Waals surface area contributed by atoms with Crippen molar-refractivity contribution < 1.29 is 9.84 Å². The molecule has 1 heterocycles. The maximum atomic E-state index is 10.0. The molecule has 3 heteroatoms. The molecule has 136 valence electrons. The van der Waals surface area contributed by atoms with Gasteiger partial charge in [0.05, 0.1) is 0 Å². The predicted octanol–water partition coefficient (Wildman–Crippen LogP) is 6.04. The highest BCUT2D eigenvalue weighted by Crippen LogP contribution is 2.35. The molecule has 0 unspecified atom stereocenters. The minimum Gasteiger partial charge on any atom is -0.507 e. The SMILES string of the molecule is Cc1cc(-c2[nH]c3ccc(OCc4ccccc4)cc3c2C)cc(C)c1O. The lowest BCUT2D eigenvalue weighted by Gasteiger charge is -2.08. The number of phenols is 1. The second-order valence-electron chi connectivity index (χ2n) is 7.07. The zero-order valence-electron chi connectivity index (χ0n) is 15.8. The minimum atomic E-state index is 0.365. The van der Waals surface area contributed by atoms with Crippen molar-refractivity contribution in [3.8, 4) is 22.8 Å². The van der Waals surface area contributed by atoms with Crippen molar-refractivity contribution in [1.29, 1.82) is 0 Å². The first kappa shape index (κ1) is 17.2. The van der Waals surface area contributed by atoms with Crippen LogP contribution in [-0.4, -0.2) is 10.1 Å². The first-order chi connectivity index (χ1) is 13.0. The van der Waals surface area contributed by atoms with Crippen molar-refractivity contribution in [2.24, 2.45) is 0 Å². The van der Waals surface area contributed by atoms with Crippen LogP contribution >= 0.6 is 0 Å². The highest BCUT2D eigenvalue weighted by Gasteiger charge is 2.13. The summed E-state index contributed by atoms with van der Waals surface area (Å²) in [4.78, 5) is 3.52. The van der Waals surface area contributed by atoms with E-state index in [0.717, 1.165) is 44.6 Å². The number of nitrogens with one attached hydrogen (secondary N) is 1. The van der Waals surface area contributed by atoms with E-state index in [0.29, 0.717) is 12.4 Å². The lowest BCUT2D eigenvalue weighted by atomic mass is 10.0. The van der Waals surface area contributed by atoms with E-state index in [-0.39, 0.29) is 0 Å². The third-order valence-corrected chi connectivity index (χ3v) is 5.06. The van der Waals surface area contributed by atoms with Crippen LogP contribution in [0.25, 0.3) is 22.2 Å². The van der Waals surface area contributed by atoms with Gasteiger partial charge in [-0.3, -0.25) is 0 Å². The highest BCUT2D eigenvalue weighted by atomic mass is 16.5. The zero-order valence-corrected chi connectivity index (χ0v) is 15.8. The molecule has 0 atom stereocenters. The predicted molar refractivity (Wildman–Crippen MR) is 110 cm³/mol. The molecule has 0 aliphatic heterocycles. The molecular weight excluding hydrogens is 334 g/mol. The summed E-state index contributed by atoms with van der Waals surface area (Å²) in [5.74, 6) is 1.22. The number of hydrogen-bond acceptors (Lipinski definition) is 2. The lowest BCUT2D eigenvalue weighted by molar-refractivity contribution is 0.306. The molecule has 2 N–H and O–H groups in total.